The molecule has 44 heavy (non-hydrogen) atoms. The summed E-state index contributed by atoms with van der Waals surface area (Å²) in [5.41, 5.74) is 2.56. The first-order valence-corrected chi connectivity index (χ1v) is 16.4. The molecule has 2 heterocycles. The summed E-state index contributed by atoms with van der Waals surface area (Å²) in [4.78, 5) is 16.1. The Morgan fingerprint density at radius 1 is 0.909 bits per heavy atom. The smallest absolute Gasteiger partial charge is 0.203 e. The Morgan fingerprint density at radius 3 is 2.14 bits per heavy atom. The summed E-state index contributed by atoms with van der Waals surface area (Å²) < 4.78 is 62.2. The highest BCUT2D eigenvalue weighted by Crippen LogP contribution is 2.48. The van der Waals surface area contributed by atoms with Crippen molar-refractivity contribution in [3.63, 3.8) is 0 Å². The van der Waals surface area contributed by atoms with Gasteiger partial charge in [-0.25, -0.2) is 8.42 Å². The topological polar surface area (TPSA) is 119 Å². The molecule has 0 aliphatic carbocycles. The van der Waals surface area contributed by atoms with Crippen molar-refractivity contribution in [2.24, 2.45) is 0 Å². The fourth-order valence-electron chi connectivity index (χ4n) is 5.23. The number of sulfone groups is 1. The zero-order valence-electron chi connectivity index (χ0n) is 26.0. The molecule has 1 aromatic heterocycles. The zero-order valence-corrected chi connectivity index (χ0v) is 26.8. The van der Waals surface area contributed by atoms with Crippen molar-refractivity contribution in [3.8, 4) is 28.7 Å². The maximum atomic E-state index is 13.5. The van der Waals surface area contributed by atoms with Crippen LogP contribution in [0.5, 0.6) is 28.7 Å². The zero-order chi connectivity index (χ0) is 31.7. The lowest BCUT2D eigenvalue weighted by molar-refractivity contribution is -0.114. The van der Waals surface area contributed by atoms with E-state index < -0.39 is 27.5 Å². The molecule has 1 fully saturated rings. The van der Waals surface area contributed by atoms with E-state index in [0.29, 0.717) is 60.9 Å². The third-order valence-electron chi connectivity index (χ3n) is 7.26. The molecule has 0 radical (unpaired) electrons. The van der Waals surface area contributed by atoms with E-state index in [1.54, 1.807) is 39.7 Å². The average molecular weight is 628 g/mol. The summed E-state index contributed by atoms with van der Waals surface area (Å²) in [5, 5.41) is 0. The molecule has 1 aliphatic rings. The Hall–Kier alpha value is -3.83. The van der Waals surface area contributed by atoms with Gasteiger partial charge in [0, 0.05) is 12.4 Å². The highest BCUT2D eigenvalue weighted by Gasteiger charge is 2.33. The van der Waals surface area contributed by atoms with Gasteiger partial charge in [-0.2, -0.15) is 0 Å². The minimum atomic E-state index is -4.03. The standard InChI is InChI=1S/C33H41NO9S/c1-6-14-42-33-30(41-15-8-10-23-9-7-13-34-20-23)18-25(19-31(33)44(36,37)21-22(2)35)27-12-11-26(43-27)24-16-28(38-3)32(40-5)29(17-24)39-4/h7,9,13,16-20,26-27H,6,8,10-12,14-15,21H2,1-5H3. The number of aromatic nitrogens is 1. The van der Waals surface area contributed by atoms with Gasteiger partial charge >= 0.3 is 0 Å². The van der Waals surface area contributed by atoms with Crippen LogP contribution in [0.15, 0.2) is 53.7 Å². The number of rotatable bonds is 16. The molecular formula is C33H41NO9S. The first-order chi connectivity index (χ1) is 21.2. The third kappa shape index (κ3) is 8.00. The predicted molar refractivity (Wildman–Crippen MR) is 165 cm³/mol. The molecule has 3 aromatic rings. The van der Waals surface area contributed by atoms with Gasteiger partial charge in [0.2, 0.25) is 5.75 Å². The van der Waals surface area contributed by atoms with Crippen molar-refractivity contribution in [2.45, 2.75) is 63.1 Å². The molecular weight excluding hydrogens is 586 g/mol. The summed E-state index contributed by atoms with van der Waals surface area (Å²) in [6, 6.07) is 11.0. The summed E-state index contributed by atoms with van der Waals surface area (Å²) in [6.07, 6.45) is 6.20. The van der Waals surface area contributed by atoms with E-state index in [4.69, 9.17) is 28.4 Å². The lowest BCUT2D eigenvalue weighted by atomic mass is 10.0. The second kappa shape index (κ2) is 15.3. The maximum absolute atomic E-state index is 13.5. The van der Waals surface area contributed by atoms with Crippen LogP contribution in [0.4, 0.5) is 0 Å². The van der Waals surface area contributed by atoms with E-state index in [0.717, 1.165) is 17.5 Å². The lowest BCUT2D eigenvalue weighted by Gasteiger charge is -2.21. The molecule has 1 aliphatic heterocycles. The minimum absolute atomic E-state index is 0.0688. The average Bonchev–Trinajstić information content (AvgIpc) is 3.51. The number of methoxy groups -OCH3 is 3. The van der Waals surface area contributed by atoms with Crippen molar-refractivity contribution in [1.82, 2.24) is 4.98 Å². The molecule has 11 heteroatoms. The van der Waals surface area contributed by atoms with Crippen LogP contribution in [0.2, 0.25) is 0 Å². The lowest BCUT2D eigenvalue weighted by Crippen LogP contribution is -2.16. The molecule has 238 valence electrons. The van der Waals surface area contributed by atoms with E-state index in [1.165, 1.54) is 6.92 Å². The SMILES string of the molecule is CCCOc1c(OCCCc2cccnc2)cc(C2CCC(c3cc(OC)c(OC)c(OC)c3)O2)cc1S(=O)(=O)CC(C)=O. The van der Waals surface area contributed by atoms with Gasteiger partial charge in [-0.1, -0.05) is 13.0 Å². The minimum Gasteiger partial charge on any atom is -0.493 e. The van der Waals surface area contributed by atoms with Crippen molar-refractivity contribution in [2.75, 3.05) is 40.3 Å². The number of ketones is 1. The number of ether oxygens (including phenoxy) is 6. The van der Waals surface area contributed by atoms with Gasteiger partial charge in [0.1, 0.15) is 16.4 Å². The molecule has 4 rings (SSSR count). The van der Waals surface area contributed by atoms with E-state index >= 15 is 0 Å². The number of benzene rings is 2. The Balaban J connectivity index is 1.67. The van der Waals surface area contributed by atoms with Crippen molar-refractivity contribution in [1.29, 1.82) is 0 Å². The van der Waals surface area contributed by atoms with Crippen molar-refractivity contribution < 1.29 is 41.6 Å². The van der Waals surface area contributed by atoms with Crippen LogP contribution in [-0.2, 0) is 25.8 Å². The van der Waals surface area contributed by atoms with E-state index in [2.05, 4.69) is 4.98 Å². The first kappa shape index (κ1) is 33.1. The summed E-state index contributed by atoms with van der Waals surface area (Å²) in [5.74, 6) is 0.856. The van der Waals surface area contributed by atoms with Gasteiger partial charge in [-0.05, 0) is 86.1 Å². The molecule has 0 amide bonds. The fraction of sp³-hybridized carbons (Fsp3) is 0.455. The fourth-order valence-corrected chi connectivity index (χ4v) is 6.68. The van der Waals surface area contributed by atoms with Crippen LogP contribution in [0.1, 0.15) is 68.4 Å². The number of pyridine rings is 1. The molecule has 2 unspecified atom stereocenters. The Bertz CT molecular complexity index is 1500. The van der Waals surface area contributed by atoms with Gasteiger partial charge in [-0.15, -0.1) is 0 Å². The number of nitrogens with zero attached hydrogens (tertiary/aromatic N) is 1. The van der Waals surface area contributed by atoms with Gasteiger partial charge in [0.15, 0.2) is 32.8 Å². The van der Waals surface area contributed by atoms with E-state index in [-0.39, 0.29) is 23.4 Å². The quantitative estimate of drug-likeness (QED) is 0.179. The van der Waals surface area contributed by atoms with E-state index in [9.17, 15) is 13.2 Å². The summed E-state index contributed by atoms with van der Waals surface area (Å²) in [7, 11) is 0.639. The van der Waals surface area contributed by atoms with Crippen molar-refractivity contribution >= 4 is 15.6 Å². The second-order valence-corrected chi connectivity index (χ2v) is 12.6. The van der Waals surface area contributed by atoms with Crippen LogP contribution >= 0.6 is 0 Å². The molecule has 10 nitrogen and oxygen atoms in total. The molecule has 1 saturated heterocycles. The van der Waals surface area contributed by atoms with Gasteiger partial charge in [0.25, 0.3) is 0 Å². The number of hydrogen-bond donors (Lipinski definition) is 0. The second-order valence-electron chi connectivity index (χ2n) is 10.6. The van der Waals surface area contributed by atoms with E-state index in [1.807, 2.05) is 37.4 Å². The van der Waals surface area contributed by atoms with Crippen LogP contribution < -0.4 is 23.7 Å². The molecule has 2 atom stereocenters. The predicted octanol–water partition coefficient (Wildman–Crippen LogP) is 5.86. The Morgan fingerprint density at radius 2 is 1.57 bits per heavy atom. The third-order valence-corrected chi connectivity index (χ3v) is 9.02. The number of carbonyl (C=O) groups excluding carboxylic acids is 1. The Labute approximate surface area is 259 Å². The van der Waals surface area contributed by atoms with Gasteiger partial charge < -0.3 is 28.4 Å². The maximum Gasteiger partial charge on any atom is 0.203 e. The molecule has 0 spiro atoms. The highest BCUT2D eigenvalue weighted by molar-refractivity contribution is 7.92. The summed E-state index contributed by atoms with van der Waals surface area (Å²) in [6.45, 7) is 3.80. The normalized spacial score (nSPS) is 16.4. The summed E-state index contributed by atoms with van der Waals surface area (Å²) >= 11 is 0. The number of hydrogen-bond acceptors (Lipinski definition) is 10. The number of aryl methyl sites for hydroxylation is 1. The molecule has 0 N–H and O–H groups in total. The Kier molecular flexibility index (Phi) is 11.5. The van der Waals surface area contributed by atoms with Gasteiger partial charge in [-0.3, -0.25) is 9.78 Å². The van der Waals surface area contributed by atoms with Crippen LogP contribution in [0, 0.1) is 0 Å². The molecule has 0 saturated carbocycles. The van der Waals surface area contributed by atoms with Crippen LogP contribution in [0.3, 0.4) is 0 Å². The number of Topliss-reactive ketones (excluding diaryl/α,β-unsaturated/α-hetero) is 1. The number of carbonyl (C=O) groups is 1. The molecule has 2 aromatic carbocycles. The largest absolute Gasteiger partial charge is 0.493 e. The van der Waals surface area contributed by atoms with Crippen molar-refractivity contribution in [3.05, 3.63) is 65.5 Å². The van der Waals surface area contributed by atoms with Crippen LogP contribution in [0.25, 0.3) is 0 Å². The van der Waals surface area contributed by atoms with Crippen LogP contribution in [-0.4, -0.2) is 59.5 Å². The molecule has 0 bridgehead atoms. The van der Waals surface area contributed by atoms with Gasteiger partial charge in [0.05, 0.1) is 46.8 Å². The monoisotopic (exact) mass is 627 g/mol. The highest BCUT2D eigenvalue weighted by atomic mass is 32.2. The first-order valence-electron chi connectivity index (χ1n) is 14.7.